The molecular weight excluding hydrogens is 316 g/mol. The maximum absolute atomic E-state index is 5.90. The van der Waals surface area contributed by atoms with E-state index in [4.69, 9.17) is 4.42 Å². The minimum atomic E-state index is 0.727. The summed E-state index contributed by atoms with van der Waals surface area (Å²) in [7, 11) is 0. The van der Waals surface area contributed by atoms with E-state index in [-0.39, 0.29) is 0 Å². The Kier molecular flexibility index (Phi) is 3.74. The number of aryl methyl sites for hydroxylation is 1. The van der Waals surface area contributed by atoms with Crippen LogP contribution in [0.15, 0.2) is 51.6 Å². The number of aromatic nitrogens is 1. The molecule has 2 heterocycles. The molecule has 0 bridgehead atoms. The molecule has 0 spiro atoms. The van der Waals surface area contributed by atoms with Gasteiger partial charge in [-0.05, 0) is 34.1 Å². The highest BCUT2D eigenvalue weighted by Crippen LogP contribution is 2.28. The number of pyridine rings is 1. The molecule has 0 saturated carbocycles. The van der Waals surface area contributed by atoms with Crippen LogP contribution in [0.1, 0.15) is 18.2 Å². The lowest BCUT2D eigenvalue weighted by Crippen LogP contribution is -2.02. The van der Waals surface area contributed by atoms with Gasteiger partial charge in [0.2, 0.25) is 0 Å². The molecule has 4 heteroatoms. The Balaban J connectivity index is 1.92. The highest BCUT2D eigenvalue weighted by Gasteiger charge is 2.12. The summed E-state index contributed by atoms with van der Waals surface area (Å²) in [5.74, 6) is 1.04. The quantitative estimate of drug-likeness (QED) is 0.700. The van der Waals surface area contributed by atoms with Gasteiger partial charge in [-0.15, -0.1) is 0 Å². The van der Waals surface area contributed by atoms with Crippen molar-refractivity contribution in [1.29, 1.82) is 0 Å². The average molecular weight is 331 g/mol. The average Bonchev–Trinajstić information content (AvgIpc) is 2.84. The van der Waals surface area contributed by atoms with E-state index in [1.165, 1.54) is 10.9 Å². The molecule has 0 aliphatic carbocycles. The number of rotatable bonds is 4. The zero-order chi connectivity index (χ0) is 13.9. The van der Waals surface area contributed by atoms with Crippen LogP contribution < -0.4 is 5.32 Å². The Hall–Kier alpha value is -1.81. The molecule has 3 rings (SSSR count). The number of fused-ring (bicyclic) bond motifs is 1. The number of benzene rings is 1. The molecule has 0 atom stereocenters. The van der Waals surface area contributed by atoms with Gasteiger partial charge in [0.1, 0.15) is 15.9 Å². The Morgan fingerprint density at radius 2 is 2.05 bits per heavy atom. The fourth-order valence-corrected chi connectivity index (χ4v) is 2.72. The zero-order valence-electron chi connectivity index (χ0n) is 11.2. The van der Waals surface area contributed by atoms with Crippen molar-refractivity contribution in [2.45, 2.75) is 19.9 Å². The van der Waals surface area contributed by atoms with Gasteiger partial charge in [0.15, 0.2) is 0 Å². The number of hydrogen-bond acceptors (Lipinski definition) is 3. The first kappa shape index (κ1) is 13.2. The lowest BCUT2D eigenvalue weighted by Gasteiger charge is -2.07. The van der Waals surface area contributed by atoms with Gasteiger partial charge < -0.3 is 9.73 Å². The molecule has 0 fully saturated rings. The van der Waals surface area contributed by atoms with Crippen LogP contribution in [-0.4, -0.2) is 4.98 Å². The first-order chi connectivity index (χ1) is 9.79. The summed E-state index contributed by atoms with van der Waals surface area (Å²) in [6, 6.07) is 12.1. The van der Waals surface area contributed by atoms with Crippen LogP contribution in [0.4, 0.5) is 5.69 Å². The van der Waals surface area contributed by atoms with Gasteiger partial charge in [0.05, 0.1) is 5.69 Å². The summed E-state index contributed by atoms with van der Waals surface area (Å²) in [6.45, 7) is 2.84. The molecule has 0 aliphatic heterocycles. The van der Waals surface area contributed by atoms with Crippen molar-refractivity contribution in [3.63, 3.8) is 0 Å². The van der Waals surface area contributed by atoms with Crippen molar-refractivity contribution in [1.82, 2.24) is 4.98 Å². The van der Waals surface area contributed by atoms with E-state index in [9.17, 15) is 0 Å². The van der Waals surface area contributed by atoms with Gasteiger partial charge >= 0.3 is 0 Å². The van der Waals surface area contributed by atoms with Crippen LogP contribution in [0, 0.1) is 0 Å². The van der Waals surface area contributed by atoms with Crippen LogP contribution in [0.3, 0.4) is 0 Å². The van der Waals surface area contributed by atoms with E-state index < -0.39 is 0 Å². The van der Waals surface area contributed by atoms with Crippen LogP contribution in [0.25, 0.3) is 11.0 Å². The van der Waals surface area contributed by atoms with E-state index in [1.54, 1.807) is 6.20 Å². The van der Waals surface area contributed by atoms with Gasteiger partial charge in [-0.2, -0.15) is 0 Å². The SMILES string of the molecule is CCc1oc2ccccc2c1CNc1cccnc1Br. The van der Waals surface area contributed by atoms with E-state index in [0.29, 0.717) is 0 Å². The second-order valence-corrected chi connectivity index (χ2v) is 5.30. The third kappa shape index (κ3) is 2.43. The maximum Gasteiger partial charge on any atom is 0.134 e. The van der Waals surface area contributed by atoms with Gasteiger partial charge in [0.25, 0.3) is 0 Å². The van der Waals surface area contributed by atoms with Gasteiger partial charge in [-0.25, -0.2) is 4.98 Å². The highest BCUT2D eigenvalue weighted by atomic mass is 79.9. The molecule has 0 radical (unpaired) electrons. The number of halogens is 1. The molecule has 0 aliphatic rings. The Morgan fingerprint density at radius 1 is 1.20 bits per heavy atom. The van der Waals surface area contributed by atoms with Crippen molar-refractivity contribution in [3.8, 4) is 0 Å². The molecule has 102 valence electrons. The largest absolute Gasteiger partial charge is 0.461 e. The van der Waals surface area contributed by atoms with E-state index in [0.717, 1.165) is 34.6 Å². The van der Waals surface area contributed by atoms with E-state index >= 15 is 0 Å². The van der Waals surface area contributed by atoms with E-state index in [1.807, 2.05) is 30.3 Å². The minimum Gasteiger partial charge on any atom is -0.461 e. The number of hydrogen-bond donors (Lipinski definition) is 1. The summed E-state index contributed by atoms with van der Waals surface area (Å²) in [6.07, 6.45) is 2.65. The predicted molar refractivity (Wildman–Crippen MR) is 84.9 cm³/mol. The molecule has 3 nitrogen and oxygen atoms in total. The molecular formula is C16H15BrN2O. The summed E-state index contributed by atoms with van der Waals surface area (Å²) in [5.41, 5.74) is 3.16. The smallest absolute Gasteiger partial charge is 0.134 e. The molecule has 0 unspecified atom stereocenters. The van der Waals surface area contributed by atoms with Crippen LogP contribution in [-0.2, 0) is 13.0 Å². The first-order valence-corrected chi connectivity index (χ1v) is 7.42. The molecule has 20 heavy (non-hydrogen) atoms. The third-order valence-corrected chi connectivity index (χ3v) is 3.95. The normalized spacial score (nSPS) is 10.9. The third-order valence-electron chi connectivity index (χ3n) is 3.32. The molecule has 1 N–H and O–H groups in total. The Bertz CT molecular complexity index is 736. The molecule has 1 aromatic carbocycles. The molecule has 0 amide bonds. The summed E-state index contributed by atoms with van der Waals surface area (Å²) in [5, 5.41) is 4.59. The highest BCUT2D eigenvalue weighted by molar-refractivity contribution is 9.10. The lowest BCUT2D eigenvalue weighted by molar-refractivity contribution is 0.551. The lowest BCUT2D eigenvalue weighted by atomic mass is 10.1. The zero-order valence-corrected chi connectivity index (χ0v) is 12.8. The number of para-hydroxylation sites is 1. The van der Waals surface area contributed by atoms with Crippen molar-refractivity contribution in [2.75, 3.05) is 5.32 Å². The van der Waals surface area contributed by atoms with Crippen molar-refractivity contribution in [3.05, 3.63) is 58.5 Å². The minimum absolute atomic E-state index is 0.727. The molecule has 2 aromatic heterocycles. The number of nitrogens with zero attached hydrogens (tertiary/aromatic N) is 1. The van der Waals surface area contributed by atoms with Crippen LogP contribution >= 0.6 is 15.9 Å². The van der Waals surface area contributed by atoms with Crippen LogP contribution in [0.2, 0.25) is 0 Å². The summed E-state index contributed by atoms with van der Waals surface area (Å²) >= 11 is 3.45. The predicted octanol–water partition coefficient (Wildman–Crippen LogP) is 4.76. The Morgan fingerprint density at radius 3 is 2.85 bits per heavy atom. The van der Waals surface area contributed by atoms with Crippen molar-refractivity contribution in [2.24, 2.45) is 0 Å². The number of nitrogens with one attached hydrogen (secondary N) is 1. The van der Waals surface area contributed by atoms with Gasteiger partial charge in [0, 0.05) is 30.1 Å². The van der Waals surface area contributed by atoms with Crippen molar-refractivity contribution >= 4 is 32.6 Å². The summed E-state index contributed by atoms with van der Waals surface area (Å²) < 4.78 is 6.72. The number of furan rings is 1. The number of anilines is 1. The van der Waals surface area contributed by atoms with Gasteiger partial charge in [-0.1, -0.05) is 25.1 Å². The summed E-state index contributed by atoms with van der Waals surface area (Å²) in [4.78, 5) is 4.21. The first-order valence-electron chi connectivity index (χ1n) is 6.63. The second kappa shape index (κ2) is 5.67. The Labute approximate surface area is 126 Å². The molecule has 3 aromatic rings. The van der Waals surface area contributed by atoms with Crippen LogP contribution in [0.5, 0.6) is 0 Å². The fourth-order valence-electron chi connectivity index (χ4n) is 2.33. The van der Waals surface area contributed by atoms with E-state index in [2.05, 4.69) is 39.2 Å². The standard InChI is InChI=1S/C16H15BrN2O/c1-2-14-12(11-6-3-4-8-15(11)20-14)10-19-13-7-5-9-18-16(13)17/h3-9,19H,2,10H2,1H3. The van der Waals surface area contributed by atoms with Gasteiger partial charge in [-0.3, -0.25) is 0 Å². The fraction of sp³-hybridized carbons (Fsp3) is 0.188. The maximum atomic E-state index is 5.90. The second-order valence-electron chi connectivity index (χ2n) is 4.55. The van der Waals surface area contributed by atoms with Crippen molar-refractivity contribution < 1.29 is 4.42 Å². The topological polar surface area (TPSA) is 38.1 Å². The monoisotopic (exact) mass is 330 g/mol. The molecule has 0 saturated heterocycles.